The third kappa shape index (κ3) is 2.65. The first-order chi connectivity index (χ1) is 5.70. The van der Waals surface area contributed by atoms with Crippen molar-refractivity contribution < 1.29 is 0 Å². The minimum atomic E-state index is 0.573. The average Bonchev–Trinajstić information content (AvgIpc) is 1.97. The van der Waals surface area contributed by atoms with E-state index in [1.807, 2.05) is 12.4 Å². The number of rotatable bonds is 1. The Kier molecular flexibility index (Phi) is 3.27. The summed E-state index contributed by atoms with van der Waals surface area (Å²) in [6.07, 6.45) is 9.48. The second-order valence-electron chi connectivity index (χ2n) is 3.69. The van der Waals surface area contributed by atoms with E-state index in [0.29, 0.717) is 11.8 Å². The van der Waals surface area contributed by atoms with Crippen LogP contribution in [0.2, 0.25) is 0 Å². The van der Waals surface area contributed by atoms with Gasteiger partial charge in [-0.3, -0.25) is 4.99 Å². The number of hydrogen-bond acceptors (Lipinski definition) is 1. The zero-order valence-electron chi connectivity index (χ0n) is 8.12. The van der Waals surface area contributed by atoms with Gasteiger partial charge in [0.05, 0.1) is 0 Å². The standard InChI is InChI=1S/C11H17N/c1-9(2)11-5-4-10(3)6-7-12-8-11/h4-5,7-10H,6H2,1-3H3/b5-4-,11-8+,12-7+. The molecule has 1 nitrogen and oxygen atoms in total. The lowest BCUT2D eigenvalue weighted by molar-refractivity contribution is 0.753. The molecule has 0 amide bonds. The Morgan fingerprint density at radius 2 is 2.25 bits per heavy atom. The molecule has 0 saturated heterocycles. The molecule has 1 unspecified atom stereocenters. The molecule has 0 aromatic heterocycles. The normalized spacial score (nSPS) is 33.3. The van der Waals surface area contributed by atoms with E-state index < -0.39 is 0 Å². The highest BCUT2D eigenvalue weighted by Gasteiger charge is 2.01. The molecule has 0 aromatic carbocycles. The van der Waals surface area contributed by atoms with Gasteiger partial charge in [-0.1, -0.05) is 32.9 Å². The van der Waals surface area contributed by atoms with E-state index in [1.165, 1.54) is 5.57 Å². The van der Waals surface area contributed by atoms with E-state index in [4.69, 9.17) is 0 Å². The van der Waals surface area contributed by atoms with Gasteiger partial charge in [0.1, 0.15) is 0 Å². The van der Waals surface area contributed by atoms with Crippen LogP contribution in [0.5, 0.6) is 0 Å². The zero-order valence-corrected chi connectivity index (χ0v) is 8.12. The maximum atomic E-state index is 4.25. The summed E-state index contributed by atoms with van der Waals surface area (Å²) in [5.74, 6) is 1.19. The van der Waals surface area contributed by atoms with Crippen LogP contribution in [0.25, 0.3) is 0 Å². The summed E-state index contributed by atoms with van der Waals surface area (Å²) >= 11 is 0. The smallest absolute Gasteiger partial charge is 0.0298 e. The minimum Gasteiger partial charge on any atom is -0.269 e. The molecule has 0 aromatic rings. The molecule has 1 atom stereocenters. The van der Waals surface area contributed by atoms with Gasteiger partial charge in [0.25, 0.3) is 0 Å². The van der Waals surface area contributed by atoms with Gasteiger partial charge >= 0.3 is 0 Å². The van der Waals surface area contributed by atoms with Crippen molar-refractivity contribution in [1.82, 2.24) is 0 Å². The topological polar surface area (TPSA) is 12.4 Å². The van der Waals surface area contributed by atoms with E-state index in [9.17, 15) is 0 Å². The maximum Gasteiger partial charge on any atom is 0.0298 e. The molecule has 1 heteroatoms. The lowest BCUT2D eigenvalue weighted by Gasteiger charge is -2.08. The molecule has 12 heavy (non-hydrogen) atoms. The Bertz CT molecular complexity index is 221. The fourth-order valence-corrected chi connectivity index (χ4v) is 1.10. The molecule has 0 radical (unpaired) electrons. The van der Waals surface area contributed by atoms with E-state index in [-0.39, 0.29) is 0 Å². The highest BCUT2D eigenvalue weighted by molar-refractivity contribution is 5.59. The highest BCUT2D eigenvalue weighted by atomic mass is 14.7. The van der Waals surface area contributed by atoms with Gasteiger partial charge in [0.2, 0.25) is 0 Å². The Hall–Kier alpha value is -0.850. The van der Waals surface area contributed by atoms with Crippen LogP contribution in [0.1, 0.15) is 27.2 Å². The zero-order chi connectivity index (χ0) is 8.97. The molecule has 0 spiro atoms. The van der Waals surface area contributed by atoms with Crippen molar-refractivity contribution in [3.05, 3.63) is 23.9 Å². The van der Waals surface area contributed by atoms with Crippen LogP contribution in [0, 0.1) is 11.8 Å². The average molecular weight is 163 g/mol. The molecule has 66 valence electrons. The van der Waals surface area contributed by atoms with E-state index in [1.54, 1.807) is 0 Å². The van der Waals surface area contributed by atoms with Crippen LogP contribution in [0.15, 0.2) is 28.9 Å². The molecule has 1 rings (SSSR count). The van der Waals surface area contributed by atoms with Crippen LogP contribution >= 0.6 is 0 Å². The quantitative estimate of drug-likeness (QED) is 0.563. The summed E-state index contributed by atoms with van der Waals surface area (Å²) in [6, 6.07) is 0. The first kappa shape index (κ1) is 9.24. The Labute approximate surface area is 74.9 Å². The Morgan fingerprint density at radius 3 is 2.92 bits per heavy atom. The molecule has 0 fully saturated rings. The maximum absolute atomic E-state index is 4.25. The predicted molar refractivity (Wildman–Crippen MR) is 54.3 cm³/mol. The van der Waals surface area contributed by atoms with Gasteiger partial charge in [0.15, 0.2) is 0 Å². The second-order valence-corrected chi connectivity index (χ2v) is 3.69. The largest absolute Gasteiger partial charge is 0.269 e. The molecule has 1 aliphatic heterocycles. The summed E-state index contributed by atoms with van der Waals surface area (Å²) in [7, 11) is 0. The van der Waals surface area contributed by atoms with Crippen LogP contribution in [-0.4, -0.2) is 6.21 Å². The first-order valence-electron chi connectivity index (χ1n) is 4.60. The van der Waals surface area contributed by atoms with Gasteiger partial charge in [-0.2, -0.15) is 0 Å². The van der Waals surface area contributed by atoms with Gasteiger partial charge in [0, 0.05) is 12.4 Å². The third-order valence-corrected chi connectivity index (χ3v) is 2.09. The number of nitrogens with zero attached hydrogens (tertiary/aromatic N) is 1. The summed E-state index contributed by atoms with van der Waals surface area (Å²) in [5, 5.41) is 0. The van der Waals surface area contributed by atoms with Crippen molar-refractivity contribution in [2.45, 2.75) is 27.2 Å². The summed E-state index contributed by atoms with van der Waals surface area (Å²) in [5.41, 5.74) is 1.32. The molecule has 0 bridgehead atoms. The van der Waals surface area contributed by atoms with Crippen LogP contribution in [0.3, 0.4) is 0 Å². The van der Waals surface area contributed by atoms with Crippen LogP contribution in [0.4, 0.5) is 0 Å². The molecule has 0 aliphatic carbocycles. The number of aliphatic imine (C=N–C) groups is 1. The van der Waals surface area contributed by atoms with Crippen molar-refractivity contribution in [3.63, 3.8) is 0 Å². The van der Waals surface area contributed by atoms with Crippen LogP contribution in [-0.2, 0) is 0 Å². The van der Waals surface area contributed by atoms with Gasteiger partial charge < -0.3 is 0 Å². The van der Waals surface area contributed by atoms with E-state index in [0.717, 1.165) is 6.42 Å². The molecular formula is C11H17N. The SMILES string of the molecule is CC1\C=C/C(C(C)C)=C\N=C\C1. The van der Waals surface area contributed by atoms with E-state index in [2.05, 4.69) is 37.9 Å². The first-order valence-corrected chi connectivity index (χ1v) is 4.60. The van der Waals surface area contributed by atoms with Gasteiger partial charge in [-0.05, 0) is 23.8 Å². The van der Waals surface area contributed by atoms with Crippen molar-refractivity contribution in [2.75, 3.05) is 0 Å². The summed E-state index contributed by atoms with van der Waals surface area (Å²) in [6.45, 7) is 6.60. The van der Waals surface area contributed by atoms with Gasteiger partial charge in [-0.15, -0.1) is 0 Å². The lowest BCUT2D eigenvalue weighted by atomic mass is 10.00. The van der Waals surface area contributed by atoms with Crippen LogP contribution < -0.4 is 0 Å². The third-order valence-electron chi connectivity index (χ3n) is 2.09. The summed E-state index contributed by atoms with van der Waals surface area (Å²) < 4.78 is 0. The fourth-order valence-electron chi connectivity index (χ4n) is 1.10. The predicted octanol–water partition coefficient (Wildman–Crippen LogP) is 3.19. The Morgan fingerprint density at radius 1 is 1.50 bits per heavy atom. The van der Waals surface area contributed by atoms with E-state index >= 15 is 0 Å². The second kappa shape index (κ2) is 4.24. The molecule has 0 saturated carbocycles. The monoisotopic (exact) mass is 163 g/mol. The highest BCUT2D eigenvalue weighted by Crippen LogP contribution is 2.15. The number of hydrogen-bond donors (Lipinski definition) is 0. The molecule has 1 heterocycles. The van der Waals surface area contributed by atoms with Crippen molar-refractivity contribution >= 4 is 6.21 Å². The van der Waals surface area contributed by atoms with Gasteiger partial charge in [-0.25, -0.2) is 0 Å². The van der Waals surface area contributed by atoms with Crippen molar-refractivity contribution in [2.24, 2.45) is 16.8 Å². The number of allylic oxidation sites excluding steroid dienone is 3. The minimum absolute atomic E-state index is 0.573. The molecule has 1 aliphatic rings. The lowest BCUT2D eigenvalue weighted by Crippen LogP contribution is -1.96. The molecule has 0 N–H and O–H groups in total. The Balaban J connectivity index is 2.78. The fraction of sp³-hybridized carbons (Fsp3) is 0.545. The van der Waals surface area contributed by atoms with Crippen molar-refractivity contribution in [1.29, 1.82) is 0 Å². The van der Waals surface area contributed by atoms with Crippen molar-refractivity contribution in [3.8, 4) is 0 Å². The molecular weight excluding hydrogens is 146 g/mol. The summed E-state index contributed by atoms with van der Waals surface area (Å²) in [4.78, 5) is 4.25.